The molecule has 4 nitrogen and oxygen atoms in total. The van der Waals surface area contributed by atoms with Gasteiger partial charge in [-0.1, -0.05) is 0 Å². The van der Waals surface area contributed by atoms with Crippen LogP contribution in [0, 0.1) is 0 Å². The topological polar surface area (TPSA) is 53.6 Å². The number of nitrogens with two attached hydrogens (primary N) is 1. The highest BCUT2D eigenvalue weighted by molar-refractivity contribution is 5.80. The molecule has 0 amide bonds. The van der Waals surface area contributed by atoms with Crippen molar-refractivity contribution >= 4 is 5.96 Å². The fourth-order valence-electron chi connectivity index (χ4n) is 1.98. The first-order chi connectivity index (χ1) is 6.81. The van der Waals surface area contributed by atoms with Gasteiger partial charge in [-0.2, -0.15) is 0 Å². The lowest BCUT2D eigenvalue weighted by Gasteiger charge is -2.35. The molecule has 0 radical (unpaired) electrons. The van der Waals surface area contributed by atoms with Crippen LogP contribution >= 0.6 is 0 Å². The lowest BCUT2D eigenvalue weighted by molar-refractivity contribution is 0.250. The number of guanidine groups is 1. The van der Waals surface area contributed by atoms with Crippen LogP contribution in [-0.2, 0) is 0 Å². The molecule has 80 valence electrons. The van der Waals surface area contributed by atoms with E-state index in [0.717, 1.165) is 12.5 Å². The van der Waals surface area contributed by atoms with Crippen LogP contribution in [0.15, 0.2) is 4.99 Å². The largest absolute Gasteiger partial charge is 0.339 e. The molecule has 1 unspecified atom stereocenters. The Kier molecular flexibility index (Phi) is 2.91. The minimum absolute atomic E-state index is 0.537. The Hall–Kier alpha value is -0.770. The van der Waals surface area contributed by atoms with Crippen LogP contribution in [0.3, 0.4) is 0 Å². The molecule has 0 spiro atoms. The third-order valence-corrected chi connectivity index (χ3v) is 3.06. The van der Waals surface area contributed by atoms with Crippen LogP contribution in [-0.4, -0.2) is 29.5 Å². The van der Waals surface area contributed by atoms with E-state index in [1.165, 1.54) is 32.1 Å². The molecule has 14 heavy (non-hydrogen) atoms. The number of rotatable bonds is 1. The number of hydrogen-bond acceptors (Lipinski definition) is 2. The summed E-state index contributed by atoms with van der Waals surface area (Å²) in [7, 11) is 0. The summed E-state index contributed by atoms with van der Waals surface area (Å²) in [6, 6.07) is 1.12. The Morgan fingerprint density at radius 1 is 1.36 bits per heavy atom. The summed E-state index contributed by atoms with van der Waals surface area (Å²) in [5.74, 6) is 6.42. The lowest BCUT2D eigenvalue weighted by Crippen LogP contribution is -2.50. The highest BCUT2D eigenvalue weighted by atomic mass is 15.4. The zero-order chi connectivity index (χ0) is 9.97. The Morgan fingerprint density at radius 3 is 2.71 bits per heavy atom. The van der Waals surface area contributed by atoms with Gasteiger partial charge in [0, 0.05) is 12.6 Å². The molecule has 0 bridgehead atoms. The molecule has 3 N–H and O–H groups in total. The van der Waals surface area contributed by atoms with Crippen molar-refractivity contribution < 1.29 is 0 Å². The maximum atomic E-state index is 5.52. The number of piperidine rings is 1. The Bertz CT molecular complexity index is 222. The first kappa shape index (κ1) is 9.77. The monoisotopic (exact) mass is 196 g/mol. The van der Waals surface area contributed by atoms with Gasteiger partial charge in [-0.25, -0.2) is 10.8 Å². The number of hydrogen-bond donors (Lipinski definition) is 2. The molecule has 0 aromatic rings. The molecule has 1 aliphatic heterocycles. The molecular formula is C10H20N4. The van der Waals surface area contributed by atoms with E-state index < -0.39 is 0 Å². The molecule has 4 heteroatoms. The van der Waals surface area contributed by atoms with Gasteiger partial charge in [-0.3, -0.25) is 5.43 Å². The summed E-state index contributed by atoms with van der Waals surface area (Å²) in [4.78, 5) is 6.89. The van der Waals surface area contributed by atoms with E-state index in [1.54, 1.807) is 0 Å². The van der Waals surface area contributed by atoms with Crippen LogP contribution < -0.4 is 11.3 Å². The zero-order valence-electron chi connectivity index (χ0n) is 8.87. The van der Waals surface area contributed by atoms with Crippen molar-refractivity contribution in [1.29, 1.82) is 0 Å². The van der Waals surface area contributed by atoms with Crippen molar-refractivity contribution in [2.45, 2.75) is 51.1 Å². The molecule has 0 aromatic carbocycles. The molecule has 2 aliphatic rings. The summed E-state index contributed by atoms with van der Waals surface area (Å²) in [6.45, 7) is 3.34. The third-order valence-electron chi connectivity index (χ3n) is 3.06. The average Bonchev–Trinajstić information content (AvgIpc) is 2.99. The van der Waals surface area contributed by atoms with E-state index in [9.17, 15) is 0 Å². The van der Waals surface area contributed by atoms with Gasteiger partial charge in [0.1, 0.15) is 0 Å². The summed E-state index contributed by atoms with van der Waals surface area (Å²) in [6.07, 6.45) is 6.31. The summed E-state index contributed by atoms with van der Waals surface area (Å²) < 4.78 is 0. The summed E-state index contributed by atoms with van der Waals surface area (Å²) >= 11 is 0. The van der Waals surface area contributed by atoms with Crippen LogP contribution in [0.2, 0.25) is 0 Å². The smallest absolute Gasteiger partial charge is 0.208 e. The third kappa shape index (κ3) is 2.18. The fourth-order valence-corrected chi connectivity index (χ4v) is 1.98. The summed E-state index contributed by atoms with van der Waals surface area (Å²) in [5, 5.41) is 0. The predicted octanol–water partition coefficient (Wildman–Crippen LogP) is 0.843. The van der Waals surface area contributed by atoms with Crippen LogP contribution in [0.1, 0.15) is 39.0 Å². The molecule has 2 fully saturated rings. The number of nitrogens with one attached hydrogen (secondary N) is 1. The quantitative estimate of drug-likeness (QED) is 0.283. The van der Waals surface area contributed by atoms with Gasteiger partial charge in [0.2, 0.25) is 5.96 Å². The van der Waals surface area contributed by atoms with Gasteiger partial charge in [-0.05, 0) is 39.0 Å². The van der Waals surface area contributed by atoms with Crippen molar-refractivity contribution in [1.82, 2.24) is 10.3 Å². The van der Waals surface area contributed by atoms with Crippen molar-refractivity contribution in [3.63, 3.8) is 0 Å². The average molecular weight is 196 g/mol. The highest BCUT2D eigenvalue weighted by Gasteiger charge is 2.25. The maximum absolute atomic E-state index is 5.52. The standard InChI is InChI=1S/C10H20N4/c1-8-4-2-3-7-14(8)10(13-11)12-9-5-6-9/h8-9H,2-7,11H2,1H3,(H,12,13). The van der Waals surface area contributed by atoms with E-state index in [0.29, 0.717) is 12.1 Å². The molecule has 0 aromatic heterocycles. The highest BCUT2D eigenvalue weighted by Crippen LogP contribution is 2.25. The van der Waals surface area contributed by atoms with Crippen molar-refractivity contribution in [3.8, 4) is 0 Å². The molecule has 1 saturated carbocycles. The van der Waals surface area contributed by atoms with Gasteiger partial charge < -0.3 is 4.90 Å². The minimum Gasteiger partial charge on any atom is -0.339 e. The molecular weight excluding hydrogens is 176 g/mol. The Labute approximate surface area is 85.5 Å². The Balaban J connectivity index is 2.01. The minimum atomic E-state index is 0.537. The first-order valence-corrected chi connectivity index (χ1v) is 5.62. The van der Waals surface area contributed by atoms with Crippen LogP contribution in [0.5, 0.6) is 0 Å². The number of aliphatic imine (C=N–C) groups is 1. The van der Waals surface area contributed by atoms with Crippen molar-refractivity contribution in [2.24, 2.45) is 10.8 Å². The van der Waals surface area contributed by atoms with Gasteiger partial charge in [0.05, 0.1) is 6.04 Å². The molecule has 1 saturated heterocycles. The fraction of sp³-hybridized carbons (Fsp3) is 0.900. The zero-order valence-corrected chi connectivity index (χ0v) is 8.87. The van der Waals surface area contributed by atoms with Gasteiger partial charge in [-0.15, -0.1) is 0 Å². The molecule has 1 aliphatic carbocycles. The van der Waals surface area contributed by atoms with Gasteiger partial charge in [0.15, 0.2) is 0 Å². The van der Waals surface area contributed by atoms with Crippen molar-refractivity contribution in [2.75, 3.05) is 6.54 Å². The number of likely N-dealkylation sites (tertiary alicyclic amines) is 1. The SMILES string of the molecule is CC1CCCCN1C(=NC1CC1)NN. The van der Waals surface area contributed by atoms with E-state index >= 15 is 0 Å². The first-order valence-electron chi connectivity index (χ1n) is 5.62. The second-order valence-electron chi connectivity index (χ2n) is 4.37. The number of hydrazine groups is 1. The molecule has 1 heterocycles. The molecule has 2 rings (SSSR count). The second-order valence-corrected chi connectivity index (χ2v) is 4.37. The van der Waals surface area contributed by atoms with Gasteiger partial charge >= 0.3 is 0 Å². The van der Waals surface area contributed by atoms with Gasteiger partial charge in [0.25, 0.3) is 0 Å². The van der Waals surface area contributed by atoms with Crippen molar-refractivity contribution in [3.05, 3.63) is 0 Å². The summed E-state index contributed by atoms with van der Waals surface area (Å²) in [5.41, 5.74) is 2.75. The van der Waals surface area contributed by atoms with Crippen LogP contribution in [0.4, 0.5) is 0 Å². The molecule has 1 atom stereocenters. The Morgan fingerprint density at radius 2 is 2.14 bits per heavy atom. The predicted molar refractivity (Wildman–Crippen MR) is 57.8 cm³/mol. The van der Waals surface area contributed by atoms with E-state index in [1.807, 2.05) is 0 Å². The van der Waals surface area contributed by atoms with E-state index in [-0.39, 0.29) is 0 Å². The number of nitrogens with zero attached hydrogens (tertiary/aromatic N) is 2. The maximum Gasteiger partial charge on any atom is 0.208 e. The van der Waals surface area contributed by atoms with Crippen LogP contribution in [0.25, 0.3) is 0 Å². The van der Waals surface area contributed by atoms with E-state index in [4.69, 9.17) is 5.84 Å². The van der Waals surface area contributed by atoms with E-state index in [2.05, 4.69) is 22.2 Å². The second kappa shape index (κ2) is 4.17. The normalized spacial score (nSPS) is 29.1. The lowest BCUT2D eigenvalue weighted by atomic mass is 10.0.